The first-order chi connectivity index (χ1) is 12.0. The lowest BCUT2D eigenvalue weighted by Crippen LogP contribution is -2.48. The third-order valence-electron chi connectivity index (χ3n) is 4.73. The Balaban J connectivity index is 1.89. The van der Waals surface area contributed by atoms with Gasteiger partial charge in [-0.05, 0) is 41.6 Å². The standard InChI is InChI=1S/C18H22ClN3O2S/c1-3-17(23)22-4-5-24-11-16(22)13-6-12(7-15(19)8-13)14-9-20-18(25)21(2)10-14/h3,6-8,14,16H,1,4-5,9-11H2,2H3,(H,20,25)/t14?,16-/m0/s1. The first-order valence-electron chi connectivity index (χ1n) is 8.29. The molecule has 25 heavy (non-hydrogen) atoms. The molecule has 2 aliphatic rings. The van der Waals surface area contributed by atoms with E-state index in [9.17, 15) is 4.79 Å². The monoisotopic (exact) mass is 379 g/mol. The summed E-state index contributed by atoms with van der Waals surface area (Å²) in [5.41, 5.74) is 2.13. The molecule has 1 unspecified atom stereocenters. The van der Waals surface area contributed by atoms with Gasteiger partial charge in [0.2, 0.25) is 5.91 Å². The van der Waals surface area contributed by atoms with Gasteiger partial charge < -0.3 is 19.9 Å². The van der Waals surface area contributed by atoms with Crippen LogP contribution in [0.4, 0.5) is 0 Å². The minimum absolute atomic E-state index is 0.0840. The molecule has 5 nitrogen and oxygen atoms in total. The molecule has 2 atom stereocenters. The summed E-state index contributed by atoms with van der Waals surface area (Å²) in [4.78, 5) is 16.0. The Hall–Kier alpha value is -1.63. The number of nitrogens with one attached hydrogen (secondary N) is 1. The summed E-state index contributed by atoms with van der Waals surface area (Å²) in [5, 5.41) is 4.68. The first-order valence-corrected chi connectivity index (χ1v) is 9.08. The van der Waals surface area contributed by atoms with Gasteiger partial charge in [0.05, 0.1) is 19.3 Å². The van der Waals surface area contributed by atoms with Crippen LogP contribution in [0.15, 0.2) is 30.9 Å². The van der Waals surface area contributed by atoms with Crippen LogP contribution in [0.5, 0.6) is 0 Å². The molecule has 0 spiro atoms. The molecule has 0 bridgehead atoms. The number of carbonyl (C=O) groups is 1. The highest BCUT2D eigenvalue weighted by Crippen LogP contribution is 2.31. The third kappa shape index (κ3) is 3.97. The lowest BCUT2D eigenvalue weighted by Gasteiger charge is -2.36. The number of hydrogen-bond acceptors (Lipinski definition) is 3. The Morgan fingerprint density at radius 2 is 2.20 bits per heavy atom. The quantitative estimate of drug-likeness (QED) is 0.645. The zero-order valence-electron chi connectivity index (χ0n) is 14.2. The van der Waals surface area contributed by atoms with Crippen molar-refractivity contribution in [3.8, 4) is 0 Å². The number of hydrogen-bond donors (Lipinski definition) is 1. The van der Waals surface area contributed by atoms with E-state index in [-0.39, 0.29) is 17.9 Å². The van der Waals surface area contributed by atoms with Crippen molar-refractivity contribution in [1.29, 1.82) is 0 Å². The number of morpholine rings is 1. The Bertz CT molecular complexity index is 697. The topological polar surface area (TPSA) is 44.8 Å². The van der Waals surface area contributed by atoms with Gasteiger partial charge in [0.25, 0.3) is 0 Å². The van der Waals surface area contributed by atoms with Crippen LogP contribution in [-0.4, -0.2) is 60.7 Å². The van der Waals surface area contributed by atoms with E-state index in [0.717, 1.165) is 29.3 Å². The van der Waals surface area contributed by atoms with Crippen molar-refractivity contribution in [3.63, 3.8) is 0 Å². The van der Waals surface area contributed by atoms with Gasteiger partial charge in [-0.1, -0.05) is 24.2 Å². The highest BCUT2D eigenvalue weighted by atomic mass is 35.5. The van der Waals surface area contributed by atoms with Crippen LogP contribution >= 0.6 is 23.8 Å². The lowest BCUT2D eigenvalue weighted by molar-refractivity contribution is -0.134. The number of amides is 1. The fourth-order valence-corrected chi connectivity index (χ4v) is 3.78. The third-order valence-corrected chi connectivity index (χ3v) is 5.40. The van der Waals surface area contributed by atoms with E-state index in [1.54, 1.807) is 4.90 Å². The summed E-state index contributed by atoms with van der Waals surface area (Å²) >= 11 is 11.7. The number of nitrogens with zero attached hydrogens (tertiary/aromatic N) is 2. The van der Waals surface area contributed by atoms with Gasteiger partial charge in [-0.3, -0.25) is 4.79 Å². The zero-order chi connectivity index (χ0) is 18.0. The summed E-state index contributed by atoms with van der Waals surface area (Å²) in [6, 6.07) is 5.89. The molecule has 1 amide bonds. The highest BCUT2D eigenvalue weighted by molar-refractivity contribution is 7.80. The van der Waals surface area contributed by atoms with E-state index in [1.165, 1.54) is 6.08 Å². The van der Waals surface area contributed by atoms with Gasteiger partial charge in [0.1, 0.15) is 0 Å². The largest absolute Gasteiger partial charge is 0.377 e. The molecule has 1 N–H and O–H groups in total. The minimum atomic E-state index is -0.146. The van der Waals surface area contributed by atoms with E-state index in [1.807, 2.05) is 24.1 Å². The fraction of sp³-hybridized carbons (Fsp3) is 0.444. The van der Waals surface area contributed by atoms with E-state index < -0.39 is 0 Å². The highest BCUT2D eigenvalue weighted by Gasteiger charge is 2.29. The maximum Gasteiger partial charge on any atom is 0.246 e. The van der Waals surface area contributed by atoms with Gasteiger partial charge in [-0.15, -0.1) is 0 Å². The molecule has 134 valence electrons. The summed E-state index contributed by atoms with van der Waals surface area (Å²) in [6.07, 6.45) is 1.35. The van der Waals surface area contributed by atoms with E-state index in [0.29, 0.717) is 24.8 Å². The van der Waals surface area contributed by atoms with Crippen molar-refractivity contribution in [3.05, 3.63) is 47.0 Å². The van der Waals surface area contributed by atoms with Gasteiger partial charge >= 0.3 is 0 Å². The van der Waals surface area contributed by atoms with Gasteiger partial charge in [0.15, 0.2) is 5.11 Å². The second-order valence-corrected chi connectivity index (χ2v) is 7.23. The molecule has 0 aliphatic carbocycles. The number of likely N-dealkylation sites (N-methyl/N-ethyl adjacent to an activating group) is 1. The molecule has 7 heteroatoms. The molecule has 2 fully saturated rings. The van der Waals surface area contributed by atoms with Crippen molar-refractivity contribution in [2.45, 2.75) is 12.0 Å². The van der Waals surface area contributed by atoms with Crippen LogP contribution < -0.4 is 5.32 Å². The first kappa shape index (κ1) is 18.2. The zero-order valence-corrected chi connectivity index (χ0v) is 15.8. The number of thiocarbonyl (C=S) groups is 1. The molecule has 0 radical (unpaired) electrons. The van der Waals surface area contributed by atoms with Crippen LogP contribution in [0.2, 0.25) is 5.02 Å². The van der Waals surface area contributed by atoms with Crippen molar-refractivity contribution in [2.24, 2.45) is 0 Å². The Morgan fingerprint density at radius 1 is 1.44 bits per heavy atom. The Morgan fingerprint density at radius 3 is 2.92 bits per heavy atom. The summed E-state index contributed by atoms with van der Waals surface area (Å²) in [7, 11) is 1.98. The summed E-state index contributed by atoms with van der Waals surface area (Å²) in [6.45, 7) is 6.78. The van der Waals surface area contributed by atoms with Gasteiger partial charge in [0, 0.05) is 37.6 Å². The average molecular weight is 380 g/mol. The van der Waals surface area contributed by atoms with Crippen molar-refractivity contribution < 1.29 is 9.53 Å². The van der Waals surface area contributed by atoms with Crippen LogP contribution in [0.1, 0.15) is 23.1 Å². The Labute approximate surface area is 158 Å². The predicted octanol–water partition coefficient (Wildman–Crippen LogP) is 2.33. The Kier molecular flexibility index (Phi) is 5.61. The molecule has 2 saturated heterocycles. The van der Waals surface area contributed by atoms with Crippen LogP contribution in [0.3, 0.4) is 0 Å². The number of halogens is 1. The molecule has 2 aliphatic heterocycles. The fourth-order valence-electron chi connectivity index (χ4n) is 3.37. The van der Waals surface area contributed by atoms with E-state index in [2.05, 4.69) is 18.0 Å². The SMILES string of the molecule is C=CC(=O)N1CCOC[C@H]1c1cc(Cl)cc(C2CNC(=S)N(C)C2)c1. The normalized spacial score (nSPS) is 24.0. The number of rotatable bonds is 3. The molecule has 2 heterocycles. The predicted molar refractivity (Wildman–Crippen MR) is 103 cm³/mol. The van der Waals surface area contributed by atoms with Crippen LogP contribution in [0, 0.1) is 0 Å². The van der Waals surface area contributed by atoms with Crippen molar-refractivity contribution in [2.75, 3.05) is 39.9 Å². The second kappa shape index (κ2) is 7.72. The van der Waals surface area contributed by atoms with Gasteiger partial charge in [-0.2, -0.15) is 0 Å². The molecule has 1 aromatic rings. The molecular weight excluding hydrogens is 358 g/mol. The molecule has 0 saturated carbocycles. The van der Waals surface area contributed by atoms with E-state index >= 15 is 0 Å². The average Bonchev–Trinajstić information content (AvgIpc) is 2.62. The summed E-state index contributed by atoms with van der Waals surface area (Å²) in [5.74, 6) is 0.196. The van der Waals surface area contributed by atoms with Gasteiger partial charge in [-0.25, -0.2) is 0 Å². The maximum absolute atomic E-state index is 12.2. The second-order valence-electron chi connectivity index (χ2n) is 6.41. The molecular formula is C18H22ClN3O2S. The lowest BCUT2D eigenvalue weighted by atomic mass is 9.93. The molecule has 0 aromatic heterocycles. The summed E-state index contributed by atoms with van der Waals surface area (Å²) < 4.78 is 5.61. The maximum atomic E-state index is 12.2. The number of carbonyl (C=O) groups excluding carboxylic acids is 1. The smallest absolute Gasteiger partial charge is 0.246 e. The van der Waals surface area contributed by atoms with E-state index in [4.69, 9.17) is 28.6 Å². The van der Waals surface area contributed by atoms with Crippen LogP contribution in [0.25, 0.3) is 0 Å². The number of ether oxygens (including phenoxy) is 1. The van der Waals surface area contributed by atoms with Crippen LogP contribution in [-0.2, 0) is 9.53 Å². The molecule has 3 rings (SSSR count). The van der Waals surface area contributed by atoms with Crippen molar-refractivity contribution in [1.82, 2.24) is 15.1 Å². The van der Waals surface area contributed by atoms with Crippen molar-refractivity contribution >= 4 is 34.8 Å². The number of benzene rings is 1. The minimum Gasteiger partial charge on any atom is -0.377 e. The molecule has 1 aromatic carbocycles.